The molecule has 304 valence electrons. The van der Waals surface area contributed by atoms with E-state index in [1.165, 1.54) is 6.92 Å². The Balaban J connectivity index is 3.26. The fourth-order valence-corrected chi connectivity index (χ4v) is 5.06. The van der Waals surface area contributed by atoms with E-state index in [-0.39, 0.29) is 58.3 Å². The number of aliphatic carboxylic acids is 1. The molecule has 54 heavy (non-hydrogen) atoms. The van der Waals surface area contributed by atoms with Crippen LogP contribution in [0, 0.1) is 0 Å². The largest absolute Gasteiger partial charge is 0.480 e. The molecule has 0 spiro atoms. The minimum Gasteiger partial charge on any atom is -0.480 e. The van der Waals surface area contributed by atoms with Gasteiger partial charge >= 0.3 is 5.97 Å². The molecule has 6 amide bonds. The van der Waals surface area contributed by atoms with Crippen LogP contribution in [0.15, 0.2) is 30.3 Å². The zero-order valence-electron chi connectivity index (χ0n) is 30.5. The van der Waals surface area contributed by atoms with E-state index in [0.717, 1.165) is 6.92 Å². The Morgan fingerprint density at radius 3 is 1.33 bits per heavy atom. The zero-order chi connectivity index (χ0) is 41.0. The lowest BCUT2D eigenvalue weighted by Gasteiger charge is -2.28. The van der Waals surface area contributed by atoms with Gasteiger partial charge in [0.25, 0.3) is 0 Å². The molecule has 21 nitrogen and oxygen atoms in total. The van der Waals surface area contributed by atoms with Gasteiger partial charge < -0.3 is 75.9 Å². The van der Waals surface area contributed by atoms with Crippen molar-refractivity contribution < 1.29 is 48.9 Å². The third kappa shape index (κ3) is 16.1. The molecule has 0 fully saturated rings. The third-order valence-electron chi connectivity index (χ3n) is 8.10. The number of nitrogens with two attached hydrogens (primary N) is 5. The summed E-state index contributed by atoms with van der Waals surface area (Å²) in [6.07, 6.45) is -3.27. The molecule has 1 rings (SSSR count). The van der Waals surface area contributed by atoms with Crippen LogP contribution in [0.25, 0.3) is 0 Å². The van der Waals surface area contributed by atoms with Gasteiger partial charge in [0.2, 0.25) is 35.4 Å². The van der Waals surface area contributed by atoms with Crippen LogP contribution >= 0.6 is 0 Å². The molecule has 1 aromatic carbocycles. The van der Waals surface area contributed by atoms with Gasteiger partial charge in [-0.25, -0.2) is 4.79 Å². The predicted molar refractivity (Wildman–Crippen MR) is 195 cm³/mol. The van der Waals surface area contributed by atoms with E-state index in [9.17, 15) is 48.9 Å². The van der Waals surface area contributed by atoms with E-state index >= 15 is 0 Å². The van der Waals surface area contributed by atoms with Gasteiger partial charge in [-0.15, -0.1) is 0 Å². The molecule has 0 aromatic heterocycles. The van der Waals surface area contributed by atoms with E-state index in [2.05, 4.69) is 31.9 Å². The van der Waals surface area contributed by atoms with E-state index in [1.807, 2.05) is 0 Å². The number of aliphatic hydroxyl groups excluding tert-OH is 2. The van der Waals surface area contributed by atoms with Crippen LogP contribution in [0.1, 0.15) is 45.1 Å². The van der Waals surface area contributed by atoms with Gasteiger partial charge in [0.1, 0.15) is 30.2 Å². The van der Waals surface area contributed by atoms with Crippen molar-refractivity contribution in [2.75, 3.05) is 26.2 Å². The predicted octanol–water partition coefficient (Wildman–Crippen LogP) is -6.29. The quantitative estimate of drug-likeness (QED) is 0.0440. The van der Waals surface area contributed by atoms with Crippen molar-refractivity contribution in [2.45, 2.75) is 100 Å². The van der Waals surface area contributed by atoms with Crippen LogP contribution in [0.5, 0.6) is 0 Å². The molecule has 9 atom stereocenters. The molecule has 0 radical (unpaired) electrons. The molecule has 19 N–H and O–H groups in total. The number of nitrogens with one attached hydrogen (secondary N) is 6. The first-order valence-corrected chi connectivity index (χ1v) is 17.5. The molecule has 0 aliphatic heterocycles. The fraction of sp³-hybridized carbons (Fsp3) is 0.606. The highest BCUT2D eigenvalue weighted by atomic mass is 16.4. The topological polar surface area (TPSA) is 382 Å². The summed E-state index contributed by atoms with van der Waals surface area (Å²) < 4.78 is 0. The summed E-state index contributed by atoms with van der Waals surface area (Å²) in [6, 6.07) is -1.15. The summed E-state index contributed by atoms with van der Waals surface area (Å²) in [5.41, 5.74) is 28.9. The second kappa shape index (κ2) is 24.5. The fourth-order valence-electron chi connectivity index (χ4n) is 5.06. The summed E-state index contributed by atoms with van der Waals surface area (Å²) in [4.78, 5) is 90.9. The molecular formula is C33H57N11O10. The van der Waals surface area contributed by atoms with Crippen molar-refractivity contribution in [2.24, 2.45) is 28.7 Å². The number of benzene rings is 1. The Labute approximate surface area is 313 Å². The van der Waals surface area contributed by atoms with E-state index in [4.69, 9.17) is 28.7 Å². The Hall–Kier alpha value is -4.77. The SMILES string of the molecule is C[C@@H](O)[C@H](NC(=O)[C@H](CCN)NC(=O)[C@H](CCN)NC(=O)[C@@H](NC(=O)[C@@H](Cc1ccccc1)NC(=O)[C@H](CCN)NC(=O)[C@@H](N)CCN)[C@@H](C)O)C(=O)O. The lowest BCUT2D eigenvalue weighted by atomic mass is 10.0. The molecule has 1 aromatic rings. The number of amides is 6. The summed E-state index contributed by atoms with van der Waals surface area (Å²) in [7, 11) is 0. The molecule has 21 heteroatoms. The number of aliphatic hydroxyl groups is 2. The van der Waals surface area contributed by atoms with Crippen LogP contribution in [-0.2, 0) is 40.0 Å². The standard InChI is InChI=1S/C33H57N11O10/c1-17(45)25(32(52)41-22(10-14-36)28(48)40-23(11-15-37)30(50)44-26(18(2)46)33(53)54)43-31(51)24(16-19-6-4-3-5-7-19)42-29(49)21(9-13-35)39-27(47)20(38)8-12-34/h3-7,17-18,20-26,45-46H,8-16,34-38H2,1-2H3,(H,39,47)(H,40,48)(H,41,52)(H,42,49)(H,43,51)(H,44,50)(H,53,54)/t17-,18-,20+,21+,22+,23+,24-,25+,26+/m1/s1. The lowest BCUT2D eigenvalue weighted by molar-refractivity contribution is -0.145. The van der Waals surface area contributed by atoms with Crippen molar-refractivity contribution in [1.29, 1.82) is 0 Å². The first kappa shape index (κ1) is 47.3. The monoisotopic (exact) mass is 767 g/mol. The van der Waals surface area contributed by atoms with Gasteiger partial charge in [-0.3, -0.25) is 28.8 Å². The van der Waals surface area contributed by atoms with Gasteiger partial charge in [-0.05, 0) is 71.3 Å². The van der Waals surface area contributed by atoms with Gasteiger partial charge in [0.05, 0.1) is 18.2 Å². The van der Waals surface area contributed by atoms with Crippen molar-refractivity contribution in [3.05, 3.63) is 35.9 Å². The molecule has 0 saturated heterocycles. The van der Waals surface area contributed by atoms with E-state index in [0.29, 0.717) is 5.56 Å². The van der Waals surface area contributed by atoms with E-state index in [1.54, 1.807) is 30.3 Å². The molecule has 0 saturated carbocycles. The smallest absolute Gasteiger partial charge is 0.328 e. The average Bonchev–Trinajstić information content (AvgIpc) is 3.11. The molecule has 0 heterocycles. The van der Waals surface area contributed by atoms with Gasteiger partial charge in [-0.2, -0.15) is 0 Å². The second-order valence-electron chi connectivity index (χ2n) is 12.6. The van der Waals surface area contributed by atoms with Crippen LogP contribution in [0.2, 0.25) is 0 Å². The van der Waals surface area contributed by atoms with Gasteiger partial charge in [0.15, 0.2) is 6.04 Å². The number of carboxylic acids is 1. The maximum atomic E-state index is 13.7. The molecule has 0 aliphatic carbocycles. The Morgan fingerprint density at radius 1 is 0.537 bits per heavy atom. The minimum absolute atomic E-state index is 0.00953. The Morgan fingerprint density at radius 2 is 0.907 bits per heavy atom. The average molecular weight is 768 g/mol. The highest BCUT2D eigenvalue weighted by molar-refractivity contribution is 5.97. The lowest BCUT2D eigenvalue weighted by Crippen LogP contribution is -2.62. The van der Waals surface area contributed by atoms with E-state index < -0.39 is 95.9 Å². The first-order valence-electron chi connectivity index (χ1n) is 17.5. The maximum absolute atomic E-state index is 13.7. The Kier molecular flexibility index (Phi) is 21.5. The summed E-state index contributed by atoms with van der Waals surface area (Å²) in [6.45, 7) is 2.22. The van der Waals surface area contributed by atoms with Crippen molar-refractivity contribution in [3.63, 3.8) is 0 Å². The summed E-state index contributed by atoms with van der Waals surface area (Å²) in [5.74, 6) is -6.77. The highest BCUT2D eigenvalue weighted by Crippen LogP contribution is 2.07. The van der Waals surface area contributed by atoms with Gasteiger partial charge in [0, 0.05) is 6.42 Å². The summed E-state index contributed by atoms with van der Waals surface area (Å²) >= 11 is 0. The third-order valence-corrected chi connectivity index (χ3v) is 8.10. The number of hydrogen-bond acceptors (Lipinski definition) is 14. The normalized spacial score (nSPS) is 16.1. The number of carbonyl (C=O) groups is 7. The molecule has 0 unspecified atom stereocenters. The van der Waals surface area contributed by atoms with Gasteiger partial charge in [-0.1, -0.05) is 30.3 Å². The van der Waals surface area contributed by atoms with Crippen molar-refractivity contribution >= 4 is 41.4 Å². The Bertz CT molecular complexity index is 1390. The summed E-state index contributed by atoms with van der Waals surface area (Å²) in [5, 5.41) is 44.1. The van der Waals surface area contributed by atoms with Crippen LogP contribution in [-0.4, -0.2) is 137 Å². The number of hydrogen-bond donors (Lipinski definition) is 14. The van der Waals surface area contributed by atoms with Crippen LogP contribution in [0.4, 0.5) is 0 Å². The highest BCUT2D eigenvalue weighted by Gasteiger charge is 2.35. The molecule has 0 bridgehead atoms. The first-order chi connectivity index (χ1) is 25.5. The van der Waals surface area contributed by atoms with Crippen molar-refractivity contribution in [3.8, 4) is 0 Å². The zero-order valence-corrected chi connectivity index (χ0v) is 30.5. The van der Waals surface area contributed by atoms with Crippen LogP contribution < -0.4 is 60.6 Å². The number of rotatable bonds is 25. The number of carbonyl (C=O) groups excluding carboxylic acids is 6. The second-order valence-corrected chi connectivity index (χ2v) is 12.6. The van der Waals surface area contributed by atoms with Crippen molar-refractivity contribution in [1.82, 2.24) is 31.9 Å². The van der Waals surface area contributed by atoms with Crippen LogP contribution in [0.3, 0.4) is 0 Å². The molecule has 0 aliphatic rings. The minimum atomic E-state index is -1.69. The molecular weight excluding hydrogens is 710 g/mol. The number of carboxylic acid groups (broad SMARTS) is 1. The maximum Gasteiger partial charge on any atom is 0.328 e.